The molecule has 5 nitrogen and oxygen atoms in total. The molecule has 0 aliphatic carbocycles. The molecule has 1 aromatic carbocycles. The van der Waals surface area contributed by atoms with Gasteiger partial charge in [0, 0.05) is 35.2 Å². The van der Waals surface area contributed by atoms with Crippen molar-refractivity contribution in [2.75, 3.05) is 0 Å². The van der Waals surface area contributed by atoms with E-state index < -0.39 is 0 Å². The first-order valence-corrected chi connectivity index (χ1v) is 9.38. The van der Waals surface area contributed by atoms with Crippen LogP contribution in [0, 0.1) is 5.92 Å². The summed E-state index contributed by atoms with van der Waals surface area (Å²) in [4.78, 5) is 11.0. The van der Waals surface area contributed by atoms with Crippen LogP contribution in [0.25, 0.3) is 0 Å². The Bertz CT molecular complexity index is 718. The third-order valence-electron chi connectivity index (χ3n) is 3.31. The highest BCUT2D eigenvalue weighted by Crippen LogP contribution is 2.28. The summed E-state index contributed by atoms with van der Waals surface area (Å²) >= 11 is 13.7. The summed E-state index contributed by atoms with van der Waals surface area (Å²) in [5, 5.41) is 10.6. The lowest BCUT2D eigenvalue weighted by Gasteiger charge is -2.12. The number of carbonyl (C=O) groups excluding carboxylic acids is 1. The number of nitrogens with zero attached hydrogens (tertiary/aromatic N) is 3. The smallest absolute Gasteiger partial charge is 0.217 e. The topological polar surface area (TPSA) is 73.8 Å². The Hall–Kier alpha value is -1.24. The second-order valence-corrected chi connectivity index (χ2v) is 7.68. The number of carbonyl (C=O) groups is 1. The first-order valence-electron chi connectivity index (χ1n) is 7.64. The average Bonchev–Trinajstić information content (AvgIpc) is 2.85. The minimum absolute atomic E-state index is 0.268. The largest absolute Gasteiger partial charge is 0.370 e. The van der Waals surface area contributed by atoms with E-state index in [0.717, 1.165) is 23.1 Å². The van der Waals surface area contributed by atoms with Gasteiger partial charge >= 0.3 is 0 Å². The number of thioether (sulfide) groups is 1. The fourth-order valence-corrected chi connectivity index (χ4v) is 3.70. The lowest BCUT2D eigenvalue weighted by molar-refractivity contribution is -0.118. The van der Waals surface area contributed by atoms with Crippen molar-refractivity contribution in [3.63, 3.8) is 0 Å². The number of rotatable bonds is 8. The first-order chi connectivity index (χ1) is 11.4. The Kier molecular flexibility index (Phi) is 6.95. The molecule has 0 fully saturated rings. The molecule has 24 heavy (non-hydrogen) atoms. The lowest BCUT2D eigenvalue weighted by Crippen LogP contribution is -2.15. The molecule has 0 radical (unpaired) electrons. The van der Waals surface area contributed by atoms with Crippen LogP contribution < -0.4 is 5.73 Å². The normalized spacial score (nSPS) is 11.2. The highest BCUT2D eigenvalue weighted by atomic mass is 35.5. The Morgan fingerprint density at radius 2 is 2.08 bits per heavy atom. The maximum absolute atomic E-state index is 11.0. The SMILES string of the molecule is CC(C)Cn1c(CCC(N)=O)nnc1SCc1ccc(Cl)cc1Cl. The molecule has 1 heterocycles. The molecule has 130 valence electrons. The summed E-state index contributed by atoms with van der Waals surface area (Å²) in [6, 6.07) is 5.46. The first kappa shape index (κ1) is 19.1. The molecule has 1 aromatic heterocycles. The molecule has 0 saturated heterocycles. The van der Waals surface area contributed by atoms with Crippen LogP contribution >= 0.6 is 35.0 Å². The van der Waals surface area contributed by atoms with Gasteiger partial charge in [0.2, 0.25) is 5.91 Å². The number of aromatic nitrogens is 3. The minimum atomic E-state index is -0.337. The maximum Gasteiger partial charge on any atom is 0.217 e. The number of halogens is 2. The summed E-state index contributed by atoms with van der Waals surface area (Å²) in [5.74, 6) is 1.55. The zero-order valence-corrected chi connectivity index (χ0v) is 16.0. The van der Waals surface area contributed by atoms with E-state index in [0.29, 0.717) is 28.1 Å². The molecule has 1 amide bonds. The van der Waals surface area contributed by atoms with Crippen LogP contribution in [0.15, 0.2) is 23.4 Å². The molecule has 0 bridgehead atoms. The Morgan fingerprint density at radius 1 is 1.33 bits per heavy atom. The van der Waals surface area contributed by atoms with E-state index >= 15 is 0 Å². The zero-order valence-electron chi connectivity index (χ0n) is 13.6. The van der Waals surface area contributed by atoms with Crippen LogP contribution in [0.1, 0.15) is 31.7 Å². The number of amides is 1. The molecule has 2 N–H and O–H groups in total. The monoisotopic (exact) mass is 386 g/mol. The van der Waals surface area contributed by atoms with Gasteiger partial charge in [-0.15, -0.1) is 10.2 Å². The van der Waals surface area contributed by atoms with Crippen molar-refractivity contribution < 1.29 is 4.79 Å². The maximum atomic E-state index is 11.0. The fourth-order valence-electron chi connectivity index (χ4n) is 2.18. The minimum Gasteiger partial charge on any atom is -0.370 e. The second kappa shape index (κ2) is 8.74. The van der Waals surface area contributed by atoms with Gasteiger partial charge in [0.15, 0.2) is 5.16 Å². The fraction of sp³-hybridized carbons (Fsp3) is 0.438. The van der Waals surface area contributed by atoms with Crippen molar-refractivity contribution in [2.24, 2.45) is 11.7 Å². The highest BCUT2D eigenvalue weighted by molar-refractivity contribution is 7.98. The van der Waals surface area contributed by atoms with E-state index in [1.54, 1.807) is 17.8 Å². The number of aryl methyl sites for hydroxylation is 1. The Balaban J connectivity index is 2.14. The van der Waals surface area contributed by atoms with Crippen molar-refractivity contribution in [1.29, 1.82) is 0 Å². The molecule has 0 unspecified atom stereocenters. The molecule has 8 heteroatoms. The third-order valence-corrected chi connectivity index (χ3v) is 4.91. The van der Waals surface area contributed by atoms with Gasteiger partial charge in [-0.05, 0) is 23.6 Å². The molecule has 0 aliphatic rings. The van der Waals surface area contributed by atoms with E-state index in [-0.39, 0.29) is 12.3 Å². The van der Waals surface area contributed by atoms with Gasteiger partial charge in [-0.2, -0.15) is 0 Å². The van der Waals surface area contributed by atoms with Crippen LogP contribution in [0.4, 0.5) is 0 Å². The molecule has 0 spiro atoms. The van der Waals surface area contributed by atoms with Gasteiger partial charge in [-0.25, -0.2) is 0 Å². The van der Waals surface area contributed by atoms with Gasteiger partial charge in [0.05, 0.1) is 0 Å². The van der Waals surface area contributed by atoms with Gasteiger partial charge in [0.25, 0.3) is 0 Å². The molecular weight excluding hydrogens is 367 g/mol. The van der Waals surface area contributed by atoms with Crippen molar-refractivity contribution >= 4 is 40.9 Å². The molecule has 2 rings (SSSR count). The van der Waals surface area contributed by atoms with Crippen LogP contribution in [0.2, 0.25) is 10.0 Å². The molecule has 2 aromatic rings. The summed E-state index contributed by atoms with van der Waals surface area (Å²) in [6.45, 7) is 5.04. The van der Waals surface area contributed by atoms with E-state index in [4.69, 9.17) is 28.9 Å². The summed E-state index contributed by atoms with van der Waals surface area (Å²) in [7, 11) is 0. The third kappa shape index (κ3) is 5.40. The second-order valence-electron chi connectivity index (χ2n) is 5.89. The van der Waals surface area contributed by atoms with Gasteiger partial charge in [0.1, 0.15) is 5.82 Å². The predicted molar refractivity (Wildman–Crippen MR) is 98.4 cm³/mol. The van der Waals surface area contributed by atoms with Crippen LogP contribution in [-0.2, 0) is 23.5 Å². The predicted octanol–water partition coefficient (Wildman–Crippen LogP) is 3.95. The standard InChI is InChI=1S/C16H20Cl2N4OS/c1-10(2)8-22-15(6-5-14(19)23)20-21-16(22)24-9-11-3-4-12(17)7-13(11)18/h3-4,7,10H,5-6,8-9H2,1-2H3,(H2,19,23). The van der Waals surface area contributed by atoms with E-state index in [1.165, 1.54) is 0 Å². The number of hydrogen-bond donors (Lipinski definition) is 1. The van der Waals surface area contributed by atoms with Crippen LogP contribution in [-0.4, -0.2) is 20.7 Å². The van der Waals surface area contributed by atoms with Gasteiger partial charge < -0.3 is 10.3 Å². The number of benzene rings is 1. The molecule has 0 atom stereocenters. The summed E-state index contributed by atoms with van der Waals surface area (Å²) < 4.78 is 2.06. The summed E-state index contributed by atoms with van der Waals surface area (Å²) in [5.41, 5.74) is 6.22. The van der Waals surface area contributed by atoms with E-state index in [2.05, 4.69) is 28.6 Å². The van der Waals surface area contributed by atoms with E-state index in [9.17, 15) is 4.79 Å². The van der Waals surface area contributed by atoms with Crippen LogP contribution in [0.3, 0.4) is 0 Å². The number of primary amides is 1. The van der Waals surface area contributed by atoms with Crippen molar-refractivity contribution in [1.82, 2.24) is 14.8 Å². The van der Waals surface area contributed by atoms with Crippen molar-refractivity contribution in [3.05, 3.63) is 39.6 Å². The quantitative estimate of drug-likeness (QED) is 0.696. The molecule has 0 aliphatic heterocycles. The van der Waals surface area contributed by atoms with Gasteiger partial charge in [-0.1, -0.05) is 54.9 Å². The zero-order chi connectivity index (χ0) is 17.7. The highest BCUT2D eigenvalue weighted by Gasteiger charge is 2.15. The van der Waals surface area contributed by atoms with Gasteiger partial charge in [-0.3, -0.25) is 4.79 Å². The lowest BCUT2D eigenvalue weighted by atomic mass is 10.2. The number of nitrogens with two attached hydrogens (primary N) is 1. The van der Waals surface area contributed by atoms with Crippen molar-refractivity contribution in [2.45, 2.75) is 44.1 Å². The average molecular weight is 387 g/mol. The molecule has 0 saturated carbocycles. The van der Waals surface area contributed by atoms with Crippen molar-refractivity contribution in [3.8, 4) is 0 Å². The van der Waals surface area contributed by atoms with E-state index in [1.807, 2.05) is 12.1 Å². The Morgan fingerprint density at radius 3 is 2.71 bits per heavy atom. The Labute approximate surface area is 155 Å². The molecular formula is C16H20Cl2N4OS. The van der Waals surface area contributed by atoms with Crippen LogP contribution in [0.5, 0.6) is 0 Å². The number of hydrogen-bond acceptors (Lipinski definition) is 4. The summed E-state index contributed by atoms with van der Waals surface area (Å²) in [6.07, 6.45) is 0.765.